The smallest absolute Gasteiger partial charge is 0.222 e. The standard InChI is InChI=1S/C22H47N7O6/c23-7-1-10-27-19(30)4-13-33-16-22(26,17-34-14-5-20(31)28-11-2-8-24)18-35-15-6-21(32)29-12-3-9-25/h1-18,23-26H2,(H,27,30)(H,28,31)(H,29,32). The van der Waals surface area contributed by atoms with E-state index in [4.69, 9.17) is 37.1 Å². The molecule has 3 amide bonds. The second kappa shape index (κ2) is 22.6. The Hall–Kier alpha value is -1.87. The summed E-state index contributed by atoms with van der Waals surface area (Å²) in [5.74, 6) is -0.389. The van der Waals surface area contributed by atoms with Gasteiger partial charge in [-0.1, -0.05) is 0 Å². The van der Waals surface area contributed by atoms with E-state index in [0.29, 0.717) is 58.5 Å². The second-order valence-electron chi connectivity index (χ2n) is 8.25. The minimum Gasteiger partial charge on any atom is -0.379 e. The van der Waals surface area contributed by atoms with Gasteiger partial charge < -0.3 is 53.1 Å². The highest BCUT2D eigenvalue weighted by Crippen LogP contribution is 2.06. The van der Waals surface area contributed by atoms with Crippen LogP contribution < -0.4 is 38.9 Å². The number of carbonyl (C=O) groups excluding carboxylic acids is 3. The van der Waals surface area contributed by atoms with E-state index in [1.54, 1.807) is 0 Å². The lowest BCUT2D eigenvalue weighted by Gasteiger charge is -2.29. The summed E-state index contributed by atoms with van der Waals surface area (Å²) in [7, 11) is 0. The molecule has 0 bridgehead atoms. The van der Waals surface area contributed by atoms with E-state index < -0.39 is 5.54 Å². The predicted octanol–water partition coefficient (Wildman–Crippen LogP) is -2.70. The topological polar surface area (TPSA) is 219 Å². The zero-order chi connectivity index (χ0) is 26.2. The van der Waals surface area contributed by atoms with Crippen molar-refractivity contribution in [2.45, 2.75) is 44.1 Å². The summed E-state index contributed by atoms with van der Waals surface area (Å²) in [4.78, 5) is 35.3. The van der Waals surface area contributed by atoms with Crippen molar-refractivity contribution < 1.29 is 28.6 Å². The van der Waals surface area contributed by atoms with E-state index in [9.17, 15) is 14.4 Å². The molecule has 0 unspecified atom stereocenters. The van der Waals surface area contributed by atoms with Crippen molar-refractivity contribution in [1.82, 2.24) is 16.0 Å². The number of carbonyl (C=O) groups is 3. The van der Waals surface area contributed by atoms with Crippen LogP contribution in [0, 0.1) is 0 Å². The maximum atomic E-state index is 11.8. The molecule has 0 aromatic heterocycles. The molecule has 0 aromatic carbocycles. The van der Waals surface area contributed by atoms with Crippen molar-refractivity contribution >= 4 is 17.7 Å². The minimum absolute atomic E-state index is 0.0779. The summed E-state index contributed by atoms with van der Waals surface area (Å²) >= 11 is 0. The molecular weight excluding hydrogens is 458 g/mol. The van der Waals surface area contributed by atoms with Gasteiger partial charge >= 0.3 is 0 Å². The predicted molar refractivity (Wildman–Crippen MR) is 133 cm³/mol. The summed E-state index contributed by atoms with van der Waals surface area (Å²) in [6.45, 7) is 3.89. The van der Waals surface area contributed by atoms with Gasteiger partial charge in [0, 0.05) is 38.9 Å². The first-order valence-corrected chi connectivity index (χ1v) is 12.3. The third-order valence-electron chi connectivity index (χ3n) is 4.70. The van der Waals surface area contributed by atoms with Gasteiger partial charge in [-0.2, -0.15) is 0 Å². The van der Waals surface area contributed by atoms with E-state index in [0.717, 1.165) is 0 Å². The molecule has 0 aliphatic rings. The molecule has 206 valence electrons. The summed E-state index contributed by atoms with van der Waals surface area (Å²) in [5.41, 5.74) is 21.6. The van der Waals surface area contributed by atoms with Crippen molar-refractivity contribution in [2.75, 3.05) is 78.9 Å². The van der Waals surface area contributed by atoms with Crippen LogP contribution in [-0.4, -0.2) is 102 Å². The Morgan fingerprint density at radius 2 is 0.857 bits per heavy atom. The van der Waals surface area contributed by atoms with Crippen LogP contribution in [0.2, 0.25) is 0 Å². The minimum atomic E-state index is -1.01. The van der Waals surface area contributed by atoms with Gasteiger partial charge in [0.15, 0.2) is 0 Å². The number of nitrogens with one attached hydrogen (secondary N) is 3. The molecule has 0 fully saturated rings. The zero-order valence-corrected chi connectivity index (χ0v) is 21.0. The van der Waals surface area contributed by atoms with Gasteiger partial charge in [0.1, 0.15) is 0 Å². The van der Waals surface area contributed by atoms with Gasteiger partial charge in [0.2, 0.25) is 17.7 Å². The van der Waals surface area contributed by atoms with Gasteiger partial charge in [-0.3, -0.25) is 14.4 Å². The lowest BCUT2D eigenvalue weighted by atomic mass is 10.1. The highest BCUT2D eigenvalue weighted by Gasteiger charge is 2.27. The summed E-state index contributed by atoms with van der Waals surface area (Å²) < 4.78 is 16.8. The van der Waals surface area contributed by atoms with E-state index in [-0.39, 0.29) is 76.6 Å². The van der Waals surface area contributed by atoms with Crippen LogP contribution in [0.5, 0.6) is 0 Å². The Balaban J connectivity index is 4.42. The fraction of sp³-hybridized carbons (Fsp3) is 0.864. The van der Waals surface area contributed by atoms with Crippen LogP contribution >= 0.6 is 0 Å². The average Bonchev–Trinajstić information content (AvgIpc) is 2.83. The normalized spacial score (nSPS) is 11.3. The van der Waals surface area contributed by atoms with Crippen molar-refractivity contribution in [3.05, 3.63) is 0 Å². The summed E-state index contributed by atoms with van der Waals surface area (Å²) in [6.07, 6.45) is 2.70. The second-order valence-corrected chi connectivity index (χ2v) is 8.25. The van der Waals surface area contributed by atoms with Crippen molar-refractivity contribution in [3.8, 4) is 0 Å². The quantitative estimate of drug-likeness (QED) is 0.0673. The van der Waals surface area contributed by atoms with Gasteiger partial charge in [-0.05, 0) is 38.9 Å². The number of rotatable bonds is 24. The number of hydrogen-bond donors (Lipinski definition) is 7. The highest BCUT2D eigenvalue weighted by molar-refractivity contribution is 5.76. The van der Waals surface area contributed by atoms with E-state index in [1.165, 1.54) is 0 Å². The number of ether oxygens (including phenoxy) is 3. The summed E-state index contributed by atoms with van der Waals surface area (Å²) in [5, 5.41) is 8.26. The Morgan fingerprint density at radius 1 is 0.571 bits per heavy atom. The molecule has 0 radical (unpaired) electrons. The van der Waals surface area contributed by atoms with Crippen LogP contribution in [0.15, 0.2) is 0 Å². The van der Waals surface area contributed by atoms with Gasteiger partial charge in [0.05, 0.1) is 45.2 Å². The van der Waals surface area contributed by atoms with Crippen LogP contribution in [0.3, 0.4) is 0 Å². The van der Waals surface area contributed by atoms with E-state index in [2.05, 4.69) is 16.0 Å². The first kappa shape index (κ1) is 33.1. The molecule has 13 heteroatoms. The molecule has 0 aromatic rings. The highest BCUT2D eigenvalue weighted by atomic mass is 16.5. The summed E-state index contributed by atoms with van der Waals surface area (Å²) in [6, 6.07) is 0. The van der Waals surface area contributed by atoms with Crippen molar-refractivity contribution in [3.63, 3.8) is 0 Å². The molecule has 0 heterocycles. The van der Waals surface area contributed by atoms with Crippen molar-refractivity contribution in [1.29, 1.82) is 0 Å². The van der Waals surface area contributed by atoms with Crippen molar-refractivity contribution in [2.24, 2.45) is 22.9 Å². The average molecular weight is 506 g/mol. The molecule has 0 rings (SSSR count). The molecule has 0 saturated carbocycles. The molecule has 0 aliphatic carbocycles. The Kier molecular flexibility index (Phi) is 21.4. The van der Waals surface area contributed by atoms with Crippen LogP contribution in [0.1, 0.15) is 38.5 Å². The molecule has 13 nitrogen and oxygen atoms in total. The monoisotopic (exact) mass is 505 g/mol. The number of hydrogen-bond acceptors (Lipinski definition) is 10. The molecular formula is C22H47N7O6. The van der Waals surface area contributed by atoms with E-state index in [1.807, 2.05) is 0 Å². The fourth-order valence-corrected chi connectivity index (χ4v) is 2.70. The lowest BCUT2D eigenvalue weighted by Crippen LogP contribution is -2.53. The van der Waals surface area contributed by atoms with Crippen LogP contribution in [0.4, 0.5) is 0 Å². The number of amides is 3. The molecule has 0 aliphatic heterocycles. The SMILES string of the molecule is NCCCNC(=O)CCOCC(N)(COCCC(=O)NCCCN)COCCC(=O)NCCCN. The Bertz CT molecular complexity index is 494. The zero-order valence-electron chi connectivity index (χ0n) is 21.0. The van der Waals surface area contributed by atoms with Gasteiger partial charge in [0.25, 0.3) is 0 Å². The molecule has 11 N–H and O–H groups in total. The Morgan fingerprint density at radius 3 is 1.11 bits per heavy atom. The molecule has 0 atom stereocenters. The fourth-order valence-electron chi connectivity index (χ4n) is 2.70. The van der Waals surface area contributed by atoms with Gasteiger partial charge in [-0.25, -0.2) is 0 Å². The molecule has 35 heavy (non-hydrogen) atoms. The van der Waals surface area contributed by atoms with E-state index >= 15 is 0 Å². The lowest BCUT2D eigenvalue weighted by molar-refractivity contribution is -0.122. The molecule has 0 spiro atoms. The largest absolute Gasteiger partial charge is 0.379 e. The first-order chi connectivity index (χ1) is 16.9. The Labute approximate surface area is 208 Å². The third-order valence-corrected chi connectivity index (χ3v) is 4.70. The number of nitrogens with two attached hydrogens (primary N) is 4. The van der Waals surface area contributed by atoms with Crippen LogP contribution in [0.25, 0.3) is 0 Å². The first-order valence-electron chi connectivity index (χ1n) is 12.3. The third kappa shape index (κ3) is 21.2. The van der Waals surface area contributed by atoms with Gasteiger partial charge in [-0.15, -0.1) is 0 Å². The maximum absolute atomic E-state index is 11.8. The maximum Gasteiger partial charge on any atom is 0.222 e. The molecule has 0 saturated heterocycles. The van der Waals surface area contributed by atoms with Crippen LogP contribution in [-0.2, 0) is 28.6 Å².